The van der Waals surface area contributed by atoms with Crippen LogP contribution in [0.5, 0.6) is 0 Å². The van der Waals surface area contributed by atoms with Crippen molar-refractivity contribution in [2.75, 3.05) is 6.54 Å². The van der Waals surface area contributed by atoms with Gasteiger partial charge in [-0.1, -0.05) is 46.3 Å². The number of carbonyl (C=O) groups is 1. The highest BCUT2D eigenvalue weighted by molar-refractivity contribution is 9.09. The molecule has 0 aliphatic rings. The maximum atomic E-state index is 11.8. The molecule has 0 amide bonds. The van der Waals surface area contributed by atoms with E-state index in [-0.39, 0.29) is 5.97 Å². The van der Waals surface area contributed by atoms with Gasteiger partial charge in [-0.05, 0) is 19.4 Å². The topological polar surface area (TPSA) is 53.9 Å². The van der Waals surface area contributed by atoms with Gasteiger partial charge in [-0.15, -0.1) is 0 Å². The van der Waals surface area contributed by atoms with Gasteiger partial charge in [0.25, 0.3) is 0 Å². The van der Waals surface area contributed by atoms with Crippen LogP contribution in [0.2, 0.25) is 0 Å². The van der Waals surface area contributed by atoms with Crippen LogP contribution in [0.25, 0.3) is 0 Å². The summed E-state index contributed by atoms with van der Waals surface area (Å²) in [5, 5.41) is 0. The van der Waals surface area contributed by atoms with E-state index in [4.69, 9.17) is 4.74 Å². The molecule has 0 aliphatic heterocycles. The summed E-state index contributed by atoms with van der Waals surface area (Å²) in [5.74, 6) is -0.278. The van der Waals surface area contributed by atoms with Gasteiger partial charge in [0.1, 0.15) is 11.4 Å². The Bertz CT molecular complexity index is 351. The van der Waals surface area contributed by atoms with E-state index in [1.54, 1.807) is 0 Å². The zero-order chi connectivity index (χ0) is 12.2. The van der Waals surface area contributed by atoms with Crippen LogP contribution in [0.15, 0.2) is 30.3 Å². The molecule has 3 N–H and O–H groups in total. The third-order valence-corrected chi connectivity index (χ3v) is 3.18. The van der Waals surface area contributed by atoms with Crippen molar-refractivity contribution in [3.63, 3.8) is 0 Å². The molecule has 1 rings (SSSR count). The number of halogens is 1. The van der Waals surface area contributed by atoms with E-state index >= 15 is 0 Å². The Morgan fingerprint density at radius 1 is 1.44 bits per heavy atom. The van der Waals surface area contributed by atoms with Crippen molar-refractivity contribution < 1.29 is 15.3 Å². The first-order chi connectivity index (χ1) is 7.46. The van der Waals surface area contributed by atoms with E-state index in [0.717, 1.165) is 5.56 Å². The molecule has 0 heterocycles. The number of hydrogen-bond donors (Lipinski definition) is 1. The Labute approximate surface area is 104 Å². The lowest BCUT2D eigenvalue weighted by Crippen LogP contribution is -2.60. The summed E-state index contributed by atoms with van der Waals surface area (Å²) in [7, 11) is 0. The van der Waals surface area contributed by atoms with Gasteiger partial charge < -0.3 is 10.5 Å². The number of rotatable bonds is 4. The van der Waals surface area contributed by atoms with Gasteiger partial charge in [0, 0.05) is 0 Å². The lowest BCUT2D eigenvalue weighted by molar-refractivity contribution is -0.395. The number of quaternary nitrogens is 1. The summed E-state index contributed by atoms with van der Waals surface area (Å²) >= 11 is 3.34. The lowest BCUT2D eigenvalue weighted by Gasteiger charge is -2.22. The number of alkyl halides is 1. The molecule has 1 atom stereocenters. The van der Waals surface area contributed by atoms with Crippen LogP contribution in [0.3, 0.4) is 0 Å². The zero-order valence-corrected chi connectivity index (χ0v) is 11.2. The van der Waals surface area contributed by atoms with Gasteiger partial charge >= 0.3 is 5.97 Å². The molecular formula is C12H17BrNO2+. The van der Waals surface area contributed by atoms with Crippen LogP contribution in [0, 0.1) is 0 Å². The smallest absolute Gasteiger partial charge is 0.325 e. The van der Waals surface area contributed by atoms with E-state index in [0.29, 0.717) is 6.54 Å². The van der Waals surface area contributed by atoms with Gasteiger partial charge in [0.2, 0.25) is 0 Å². The lowest BCUT2D eigenvalue weighted by atomic mass is 10.1. The maximum absolute atomic E-state index is 11.8. The van der Waals surface area contributed by atoms with Gasteiger partial charge in [-0.2, -0.15) is 0 Å². The summed E-state index contributed by atoms with van der Waals surface area (Å²) in [4.78, 5) is 11.4. The minimum absolute atomic E-state index is 0.278. The molecular weight excluding hydrogens is 270 g/mol. The van der Waals surface area contributed by atoms with Crippen LogP contribution in [-0.2, 0) is 9.53 Å². The minimum Gasteiger partial charge on any atom is -0.453 e. The molecule has 0 fully saturated rings. The van der Waals surface area contributed by atoms with Crippen molar-refractivity contribution >= 4 is 21.9 Å². The molecule has 4 heteroatoms. The average molecular weight is 287 g/mol. The highest BCUT2D eigenvalue weighted by Gasteiger charge is 2.27. The molecule has 0 saturated heterocycles. The number of esters is 1. The fraction of sp³-hybridized carbons (Fsp3) is 0.417. The fourth-order valence-electron chi connectivity index (χ4n) is 1.13. The van der Waals surface area contributed by atoms with Crippen LogP contribution < -0.4 is 5.73 Å². The third kappa shape index (κ3) is 3.61. The summed E-state index contributed by atoms with van der Waals surface area (Å²) in [6, 6.07) is 9.47. The van der Waals surface area contributed by atoms with E-state index in [9.17, 15) is 4.79 Å². The molecule has 0 radical (unpaired) electrons. The SMILES string of the molecule is CC(C)(C[NH3+])OC(=O)C(Br)c1ccccc1. The molecule has 1 unspecified atom stereocenters. The number of carbonyl (C=O) groups excluding carboxylic acids is 1. The fourth-order valence-corrected chi connectivity index (χ4v) is 1.53. The molecule has 1 aromatic carbocycles. The first-order valence-electron chi connectivity index (χ1n) is 5.17. The molecule has 0 saturated carbocycles. The van der Waals surface area contributed by atoms with Crippen molar-refractivity contribution in [1.82, 2.24) is 0 Å². The summed E-state index contributed by atoms with van der Waals surface area (Å²) in [5.41, 5.74) is 4.13. The van der Waals surface area contributed by atoms with Gasteiger partial charge in [-0.25, -0.2) is 0 Å². The normalized spacial score (nSPS) is 13.2. The highest BCUT2D eigenvalue weighted by atomic mass is 79.9. The molecule has 3 nitrogen and oxygen atoms in total. The predicted octanol–water partition coefficient (Wildman–Crippen LogP) is 1.69. The minimum atomic E-state index is -0.516. The number of ether oxygens (including phenoxy) is 1. The van der Waals surface area contributed by atoms with E-state index in [2.05, 4.69) is 21.7 Å². The predicted molar refractivity (Wildman–Crippen MR) is 66.0 cm³/mol. The van der Waals surface area contributed by atoms with Crippen LogP contribution >= 0.6 is 15.9 Å². The summed E-state index contributed by atoms with van der Waals surface area (Å²) in [6.07, 6.45) is 0. The quantitative estimate of drug-likeness (QED) is 0.676. The van der Waals surface area contributed by atoms with E-state index in [1.807, 2.05) is 44.2 Å². The van der Waals surface area contributed by atoms with Crippen LogP contribution in [0.1, 0.15) is 24.2 Å². The van der Waals surface area contributed by atoms with Crippen molar-refractivity contribution in [3.05, 3.63) is 35.9 Å². The largest absolute Gasteiger partial charge is 0.453 e. The molecule has 16 heavy (non-hydrogen) atoms. The first kappa shape index (κ1) is 13.2. The molecule has 0 aliphatic carbocycles. The maximum Gasteiger partial charge on any atom is 0.325 e. The average Bonchev–Trinajstić information content (AvgIpc) is 2.28. The Morgan fingerprint density at radius 3 is 2.50 bits per heavy atom. The number of benzene rings is 1. The van der Waals surface area contributed by atoms with E-state index < -0.39 is 10.4 Å². The second kappa shape index (κ2) is 5.46. The van der Waals surface area contributed by atoms with Crippen LogP contribution in [0.4, 0.5) is 0 Å². The Kier molecular flexibility index (Phi) is 4.50. The first-order valence-corrected chi connectivity index (χ1v) is 6.09. The van der Waals surface area contributed by atoms with Crippen molar-refractivity contribution in [3.8, 4) is 0 Å². The summed E-state index contributed by atoms with van der Waals surface area (Å²) in [6.45, 7) is 4.25. The molecule has 88 valence electrons. The number of hydrogen-bond acceptors (Lipinski definition) is 2. The van der Waals surface area contributed by atoms with Gasteiger partial charge in [-0.3, -0.25) is 4.79 Å². The Morgan fingerprint density at radius 2 is 2.00 bits per heavy atom. The van der Waals surface area contributed by atoms with E-state index in [1.165, 1.54) is 0 Å². The highest BCUT2D eigenvalue weighted by Crippen LogP contribution is 2.25. The molecule has 0 aromatic heterocycles. The van der Waals surface area contributed by atoms with Crippen molar-refractivity contribution in [2.45, 2.75) is 24.3 Å². The summed E-state index contributed by atoms with van der Waals surface area (Å²) < 4.78 is 5.35. The van der Waals surface area contributed by atoms with Crippen molar-refractivity contribution in [1.29, 1.82) is 0 Å². The van der Waals surface area contributed by atoms with Crippen LogP contribution in [-0.4, -0.2) is 18.1 Å². The Hall–Kier alpha value is -0.870. The van der Waals surface area contributed by atoms with Gasteiger partial charge in [0.15, 0.2) is 5.60 Å². The molecule has 0 bridgehead atoms. The molecule has 0 spiro atoms. The third-order valence-electron chi connectivity index (χ3n) is 2.28. The monoisotopic (exact) mass is 286 g/mol. The second-order valence-corrected chi connectivity index (χ2v) is 5.12. The standard InChI is InChI=1S/C12H16BrNO2/c1-12(2,8-14)16-11(15)10(13)9-6-4-3-5-7-9/h3-7,10H,8,14H2,1-2H3/p+1. The Balaban J connectivity index is 2.69. The molecule has 1 aromatic rings. The van der Waals surface area contributed by atoms with Gasteiger partial charge in [0.05, 0.1) is 0 Å². The second-order valence-electron chi connectivity index (χ2n) is 4.20. The van der Waals surface area contributed by atoms with Crippen molar-refractivity contribution in [2.24, 2.45) is 0 Å². The zero-order valence-electron chi connectivity index (χ0n) is 9.57.